The van der Waals surface area contributed by atoms with E-state index >= 15 is 0 Å². The van der Waals surface area contributed by atoms with E-state index in [0.29, 0.717) is 6.54 Å². The van der Waals surface area contributed by atoms with Crippen molar-refractivity contribution < 1.29 is 15.0 Å². The summed E-state index contributed by atoms with van der Waals surface area (Å²) in [6.07, 6.45) is 2.45. The fraction of sp³-hybridized carbons (Fsp3) is 0.600. The molecule has 0 aliphatic rings. The van der Waals surface area contributed by atoms with Gasteiger partial charge in [-0.3, -0.25) is 4.68 Å². The third kappa shape index (κ3) is 3.32. The molecule has 6 nitrogen and oxygen atoms in total. The number of aromatic nitrogens is 2. The quantitative estimate of drug-likeness (QED) is 0.564. The number of carboxylic acid groups (broad SMARTS) is 1. The maximum Gasteiger partial charge on any atom is 0.336 e. The van der Waals surface area contributed by atoms with Crippen LogP contribution < -0.4 is 5.32 Å². The van der Waals surface area contributed by atoms with E-state index in [9.17, 15) is 9.90 Å². The van der Waals surface area contributed by atoms with Crippen molar-refractivity contribution in [2.45, 2.75) is 18.9 Å². The molecule has 0 aromatic carbocycles. The molecule has 0 saturated heterocycles. The van der Waals surface area contributed by atoms with Gasteiger partial charge >= 0.3 is 5.97 Å². The number of rotatable bonds is 6. The molecule has 0 bridgehead atoms. The van der Waals surface area contributed by atoms with Crippen molar-refractivity contribution in [2.75, 3.05) is 13.1 Å². The normalized spacial score (nSPS) is 14.7. The molecule has 1 heterocycles. The molecule has 0 spiro atoms. The molecule has 1 atom stereocenters. The summed E-state index contributed by atoms with van der Waals surface area (Å²) < 4.78 is 1.76. The predicted molar refractivity (Wildman–Crippen MR) is 58.0 cm³/mol. The summed E-state index contributed by atoms with van der Waals surface area (Å²) in [5, 5.41) is 25.0. The van der Waals surface area contributed by atoms with Gasteiger partial charge in [0.25, 0.3) is 0 Å². The highest BCUT2D eigenvalue weighted by Crippen LogP contribution is 2.01. The van der Waals surface area contributed by atoms with Crippen LogP contribution in [0, 0.1) is 0 Å². The second kappa shape index (κ2) is 5.09. The molecule has 1 unspecified atom stereocenters. The molecule has 1 aromatic rings. The van der Waals surface area contributed by atoms with Crippen LogP contribution in [0.4, 0.5) is 0 Å². The van der Waals surface area contributed by atoms with Gasteiger partial charge in [-0.15, -0.1) is 0 Å². The lowest BCUT2D eigenvalue weighted by Gasteiger charge is -2.18. The van der Waals surface area contributed by atoms with Crippen molar-refractivity contribution in [3.05, 3.63) is 18.0 Å². The van der Waals surface area contributed by atoms with Crippen molar-refractivity contribution in [2.24, 2.45) is 7.05 Å². The van der Waals surface area contributed by atoms with E-state index in [4.69, 9.17) is 5.11 Å². The first kappa shape index (κ1) is 12.7. The number of hydrogen-bond acceptors (Lipinski definition) is 4. The first-order valence-corrected chi connectivity index (χ1v) is 5.07. The van der Waals surface area contributed by atoms with Crippen LogP contribution in [-0.4, -0.2) is 44.7 Å². The molecule has 1 aromatic heterocycles. The van der Waals surface area contributed by atoms with Crippen LogP contribution in [-0.2, 0) is 18.3 Å². The monoisotopic (exact) mass is 227 g/mol. The number of aliphatic carboxylic acids is 1. The molecule has 90 valence electrons. The fourth-order valence-corrected chi connectivity index (χ4v) is 1.27. The van der Waals surface area contributed by atoms with Crippen LogP contribution >= 0.6 is 0 Å². The Morgan fingerprint density at radius 3 is 2.88 bits per heavy atom. The third-order valence-electron chi connectivity index (χ3n) is 2.41. The van der Waals surface area contributed by atoms with E-state index < -0.39 is 11.6 Å². The molecule has 0 aliphatic carbocycles. The summed E-state index contributed by atoms with van der Waals surface area (Å²) in [6.45, 7) is 1.90. The van der Waals surface area contributed by atoms with Crippen LogP contribution in [0.3, 0.4) is 0 Å². The Morgan fingerprint density at radius 2 is 2.38 bits per heavy atom. The number of aryl methyl sites for hydroxylation is 1. The van der Waals surface area contributed by atoms with Gasteiger partial charge in [0.2, 0.25) is 0 Å². The first-order valence-electron chi connectivity index (χ1n) is 5.07. The summed E-state index contributed by atoms with van der Waals surface area (Å²) in [7, 11) is 1.85. The predicted octanol–water partition coefficient (Wildman–Crippen LogP) is -0.612. The molecule has 6 heteroatoms. The van der Waals surface area contributed by atoms with Crippen molar-refractivity contribution in [1.29, 1.82) is 0 Å². The maximum atomic E-state index is 10.6. The average molecular weight is 227 g/mol. The first-order chi connectivity index (χ1) is 7.43. The zero-order chi connectivity index (χ0) is 12.2. The van der Waals surface area contributed by atoms with Crippen molar-refractivity contribution >= 4 is 5.97 Å². The SMILES string of the molecule is Cn1nccc1CCNCC(C)(O)C(=O)O. The number of aliphatic hydroxyl groups is 1. The van der Waals surface area contributed by atoms with E-state index in [1.54, 1.807) is 10.9 Å². The number of nitrogens with one attached hydrogen (secondary N) is 1. The maximum absolute atomic E-state index is 10.6. The van der Waals surface area contributed by atoms with Crippen LogP contribution in [0.15, 0.2) is 12.3 Å². The number of carboxylic acids is 1. The van der Waals surface area contributed by atoms with Crippen LogP contribution in [0.1, 0.15) is 12.6 Å². The van der Waals surface area contributed by atoms with Crippen LogP contribution in [0.25, 0.3) is 0 Å². The molecule has 3 N–H and O–H groups in total. The van der Waals surface area contributed by atoms with Gasteiger partial charge in [-0.1, -0.05) is 0 Å². The molecule has 16 heavy (non-hydrogen) atoms. The molecular formula is C10H17N3O3. The lowest BCUT2D eigenvalue weighted by molar-refractivity contribution is -0.156. The van der Waals surface area contributed by atoms with Crippen molar-refractivity contribution in [3.8, 4) is 0 Å². The topological polar surface area (TPSA) is 87.4 Å². The van der Waals surface area contributed by atoms with E-state index in [1.807, 2.05) is 13.1 Å². The van der Waals surface area contributed by atoms with Crippen molar-refractivity contribution in [1.82, 2.24) is 15.1 Å². The molecule has 0 saturated carbocycles. The largest absolute Gasteiger partial charge is 0.479 e. The standard InChI is InChI=1S/C10H17N3O3/c1-10(16,9(14)15)7-11-5-3-8-4-6-12-13(8)2/h4,6,11,16H,3,5,7H2,1-2H3,(H,14,15). The minimum absolute atomic E-state index is 0.0280. The van der Waals surface area contributed by atoms with Crippen molar-refractivity contribution in [3.63, 3.8) is 0 Å². The summed E-state index contributed by atoms with van der Waals surface area (Å²) in [6, 6.07) is 1.90. The van der Waals surface area contributed by atoms with Gasteiger partial charge in [0.15, 0.2) is 5.60 Å². The van der Waals surface area contributed by atoms with Gasteiger partial charge < -0.3 is 15.5 Å². The van der Waals surface area contributed by atoms with E-state index in [1.165, 1.54) is 6.92 Å². The third-order valence-corrected chi connectivity index (χ3v) is 2.41. The molecule has 0 fully saturated rings. The lowest BCUT2D eigenvalue weighted by Crippen LogP contribution is -2.45. The molecule has 1 rings (SSSR count). The highest BCUT2D eigenvalue weighted by molar-refractivity contribution is 5.76. The Kier molecular flexibility index (Phi) is 4.03. The Morgan fingerprint density at radius 1 is 1.69 bits per heavy atom. The van der Waals surface area contributed by atoms with Gasteiger partial charge in [0.1, 0.15) is 0 Å². The zero-order valence-electron chi connectivity index (χ0n) is 9.47. The van der Waals surface area contributed by atoms with Gasteiger partial charge in [-0.05, 0) is 13.0 Å². The Hall–Kier alpha value is -1.40. The number of nitrogens with zero attached hydrogens (tertiary/aromatic N) is 2. The van der Waals surface area contributed by atoms with Gasteiger partial charge in [0.05, 0.1) is 0 Å². The summed E-state index contributed by atoms with van der Waals surface area (Å²) in [5.41, 5.74) is -0.658. The zero-order valence-corrected chi connectivity index (χ0v) is 9.47. The molecule has 0 aliphatic heterocycles. The lowest BCUT2D eigenvalue weighted by atomic mass is 10.1. The second-order valence-corrected chi connectivity index (χ2v) is 3.95. The highest BCUT2D eigenvalue weighted by Gasteiger charge is 2.28. The highest BCUT2D eigenvalue weighted by atomic mass is 16.4. The van der Waals surface area contributed by atoms with Gasteiger partial charge in [-0.2, -0.15) is 5.10 Å². The summed E-state index contributed by atoms with van der Waals surface area (Å²) >= 11 is 0. The molecular weight excluding hydrogens is 210 g/mol. The van der Waals surface area contributed by atoms with E-state index in [0.717, 1.165) is 12.1 Å². The Balaban J connectivity index is 2.27. The van der Waals surface area contributed by atoms with Gasteiger partial charge in [0, 0.05) is 38.4 Å². The molecule has 0 amide bonds. The molecule has 0 radical (unpaired) electrons. The number of carbonyl (C=O) groups is 1. The number of hydrogen-bond donors (Lipinski definition) is 3. The van der Waals surface area contributed by atoms with Gasteiger partial charge in [-0.25, -0.2) is 4.79 Å². The van der Waals surface area contributed by atoms with Crippen LogP contribution in [0.2, 0.25) is 0 Å². The van der Waals surface area contributed by atoms with E-state index in [-0.39, 0.29) is 6.54 Å². The van der Waals surface area contributed by atoms with E-state index in [2.05, 4.69) is 10.4 Å². The minimum Gasteiger partial charge on any atom is -0.479 e. The van der Waals surface area contributed by atoms with Crippen LogP contribution in [0.5, 0.6) is 0 Å². The smallest absolute Gasteiger partial charge is 0.336 e. The average Bonchev–Trinajstić information content (AvgIpc) is 2.59. The summed E-state index contributed by atoms with van der Waals surface area (Å²) in [4.78, 5) is 10.6. The Bertz CT molecular complexity index is 360. The summed E-state index contributed by atoms with van der Waals surface area (Å²) in [5.74, 6) is -1.22. The fourth-order valence-electron chi connectivity index (χ4n) is 1.27. The Labute approximate surface area is 93.9 Å². The minimum atomic E-state index is -1.72. The second-order valence-electron chi connectivity index (χ2n) is 3.95.